The number of fused-ring (bicyclic) bond motifs is 1. The topological polar surface area (TPSA) is 71.8 Å². The van der Waals surface area contributed by atoms with Gasteiger partial charge in [0.2, 0.25) is 0 Å². The molecular weight excluding hydrogens is 235 g/mol. The Hall–Kier alpha value is -1.89. The van der Waals surface area contributed by atoms with Crippen LogP contribution in [0.2, 0.25) is 0 Å². The summed E-state index contributed by atoms with van der Waals surface area (Å²) in [7, 11) is 0. The Morgan fingerprint density at radius 2 is 2.06 bits per heavy atom. The Bertz CT molecular complexity index is 618. The fraction of sp³-hybridized carbons (Fsp3) is 0.200. The van der Waals surface area contributed by atoms with Crippen LogP contribution in [0.3, 0.4) is 0 Å². The van der Waals surface area contributed by atoms with E-state index in [-0.39, 0.29) is 23.3 Å². The average molecular weight is 243 g/mol. The minimum atomic E-state index is -4.55. The zero-order chi connectivity index (χ0) is 12.6. The number of nitrogens with zero attached hydrogens (tertiary/aromatic N) is 1. The summed E-state index contributed by atoms with van der Waals surface area (Å²) in [6.07, 6.45) is -4.55. The fourth-order valence-electron chi connectivity index (χ4n) is 1.53. The number of aromatic amines is 1. The van der Waals surface area contributed by atoms with Crippen LogP contribution in [0.25, 0.3) is 10.9 Å². The van der Waals surface area contributed by atoms with Crippen molar-refractivity contribution in [3.8, 4) is 0 Å². The standard InChI is InChI=1S/C10H8F3N3O/c11-10(12,13)6-3-1-2-5-8(6)15-7(4-14)16-9(5)17/h1-3H,4,14H2,(H,15,16,17). The minimum absolute atomic E-state index is 0.0270. The molecule has 2 rings (SSSR count). The minimum Gasteiger partial charge on any atom is -0.324 e. The molecule has 1 aromatic heterocycles. The van der Waals surface area contributed by atoms with Crippen LogP contribution in [0.5, 0.6) is 0 Å². The molecule has 7 heteroatoms. The molecule has 0 aliphatic rings. The van der Waals surface area contributed by atoms with Crippen molar-refractivity contribution < 1.29 is 13.2 Å². The van der Waals surface area contributed by atoms with E-state index in [0.29, 0.717) is 0 Å². The van der Waals surface area contributed by atoms with Gasteiger partial charge in [0.25, 0.3) is 5.56 Å². The number of benzene rings is 1. The lowest BCUT2D eigenvalue weighted by Gasteiger charge is -2.09. The molecule has 4 nitrogen and oxygen atoms in total. The molecule has 1 heterocycles. The number of nitrogens with one attached hydrogen (secondary N) is 1. The van der Waals surface area contributed by atoms with Gasteiger partial charge >= 0.3 is 6.18 Å². The molecular formula is C10H8F3N3O. The van der Waals surface area contributed by atoms with Gasteiger partial charge in [-0.15, -0.1) is 0 Å². The highest BCUT2D eigenvalue weighted by atomic mass is 19.4. The van der Waals surface area contributed by atoms with E-state index in [1.165, 1.54) is 12.1 Å². The van der Waals surface area contributed by atoms with E-state index in [9.17, 15) is 18.0 Å². The number of rotatable bonds is 1. The monoisotopic (exact) mass is 243 g/mol. The number of hydrogen-bond acceptors (Lipinski definition) is 3. The third-order valence-corrected chi connectivity index (χ3v) is 2.28. The van der Waals surface area contributed by atoms with Gasteiger partial charge in [0.1, 0.15) is 5.82 Å². The molecule has 0 saturated carbocycles. The summed E-state index contributed by atoms with van der Waals surface area (Å²) in [4.78, 5) is 17.6. The van der Waals surface area contributed by atoms with Gasteiger partial charge in [-0.1, -0.05) is 6.07 Å². The number of hydrogen-bond donors (Lipinski definition) is 2. The third kappa shape index (κ3) is 2.01. The molecule has 0 bridgehead atoms. The Morgan fingerprint density at radius 1 is 1.35 bits per heavy atom. The van der Waals surface area contributed by atoms with Crippen LogP contribution in [0, 0.1) is 0 Å². The van der Waals surface area contributed by atoms with Crippen LogP contribution in [-0.2, 0) is 12.7 Å². The van der Waals surface area contributed by atoms with E-state index in [0.717, 1.165) is 6.07 Å². The molecule has 0 unspecified atom stereocenters. The first-order valence-electron chi connectivity index (χ1n) is 4.72. The predicted molar refractivity (Wildman–Crippen MR) is 55.3 cm³/mol. The molecule has 0 saturated heterocycles. The first-order valence-corrected chi connectivity index (χ1v) is 4.72. The first-order chi connectivity index (χ1) is 7.93. The van der Waals surface area contributed by atoms with Crippen LogP contribution < -0.4 is 11.3 Å². The van der Waals surface area contributed by atoms with Crippen molar-refractivity contribution in [1.29, 1.82) is 0 Å². The van der Waals surface area contributed by atoms with Gasteiger partial charge in [-0.05, 0) is 12.1 Å². The second kappa shape index (κ2) is 3.85. The zero-order valence-corrected chi connectivity index (χ0v) is 8.51. The summed E-state index contributed by atoms with van der Waals surface area (Å²) in [6, 6.07) is 3.34. The number of halogens is 3. The number of para-hydroxylation sites is 1. The molecule has 2 aromatic rings. The summed E-state index contributed by atoms with van der Waals surface area (Å²) >= 11 is 0. The summed E-state index contributed by atoms with van der Waals surface area (Å²) in [6.45, 7) is -0.128. The molecule has 0 fully saturated rings. The van der Waals surface area contributed by atoms with Crippen LogP contribution in [0.15, 0.2) is 23.0 Å². The summed E-state index contributed by atoms with van der Waals surface area (Å²) in [5, 5.41) is -0.1000. The van der Waals surface area contributed by atoms with Crippen molar-refractivity contribution in [1.82, 2.24) is 9.97 Å². The summed E-state index contributed by atoms with van der Waals surface area (Å²) in [5.74, 6) is 0.0270. The van der Waals surface area contributed by atoms with Crippen molar-refractivity contribution in [2.45, 2.75) is 12.7 Å². The molecule has 3 N–H and O–H groups in total. The average Bonchev–Trinajstić information content (AvgIpc) is 2.26. The lowest BCUT2D eigenvalue weighted by atomic mass is 10.1. The van der Waals surface area contributed by atoms with Gasteiger partial charge in [-0.3, -0.25) is 4.79 Å². The van der Waals surface area contributed by atoms with Crippen molar-refractivity contribution in [3.05, 3.63) is 39.9 Å². The molecule has 0 atom stereocenters. The molecule has 90 valence electrons. The quantitative estimate of drug-likeness (QED) is 0.795. The first kappa shape index (κ1) is 11.6. The Morgan fingerprint density at radius 3 is 2.65 bits per heavy atom. The smallest absolute Gasteiger partial charge is 0.324 e. The number of alkyl halides is 3. The molecule has 17 heavy (non-hydrogen) atoms. The molecule has 0 spiro atoms. The van der Waals surface area contributed by atoms with Crippen LogP contribution >= 0.6 is 0 Å². The molecule has 0 aliphatic carbocycles. The van der Waals surface area contributed by atoms with Gasteiger partial charge in [-0.2, -0.15) is 13.2 Å². The summed E-state index contributed by atoms with van der Waals surface area (Å²) in [5.41, 5.74) is 3.33. The largest absolute Gasteiger partial charge is 0.418 e. The lowest BCUT2D eigenvalue weighted by molar-refractivity contribution is -0.136. The fourth-order valence-corrected chi connectivity index (χ4v) is 1.53. The number of nitrogens with two attached hydrogens (primary N) is 1. The Labute approximate surface area is 93.3 Å². The van der Waals surface area contributed by atoms with Crippen LogP contribution in [-0.4, -0.2) is 9.97 Å². The third-order valence-electron chi connectivity index (χ3n) is 2.28. The highest BCUT2D eigenvalue weighted by Gasteiger charge is 2.33. The molecule has 0 radical (unpaired) electrons. The Balaban J connectivity index is 2.88. The highest BCUT2D eigenvalue weighted by Crippen LogP contribution is 2.32. The second-order valence-electron chi connectivity index (χ2n) is 3.42. The zero-order valence-electron chi connectivity index (χ0n) is 8.51. The maximum atomic E-state index is 12.7. The molecule has 0 aliphatic heterocycles. The van der Waals surface area contributed by atoms with E-state index < -0.39 is 17.3 Å². The lowest BCUT2D eigenvalue weighted by Crippen LogP contribution is -2.17. The maximum Gasteiger partial charge on any atom is 0.418 e. The van der Waals surface area contributed by atoms with Crippen molar-refractivity contribution in [3.63, 3.8) is 0 Å². The van der Waals surface area contributed by atoms with E-state index in [1.54, 1.807) is 0 Å². The van der Waals surface area contributed by atoms with E-state index in [1.807, 2.05) is 0 Å². The van der Waals surface area contributed by atoms with Crippen LogP contribution in [0.1, 0.15) is 11.4 Å². The predicted octanol–water partition coefficient (Wildman–Crippen LogP) is 1.40. The van der Waals surface area contributed by atoms with E-state index in [2.05, 4.69) is 9.97 Å². The van der Waals surface area contributed by atoms with Gasteiger partial charge in [0, 0.05) is 0 Å². The van der Waals surface area contributed by atoms with E-state index in [4.69, 9.17) is 5.73 Å². The number of H-pyrrole nitrogens is 1. The van der Waals surface area contributed by atoms with Crippen molar-refractivity contribution in [2.75, 3.05) is 0 Å². The highest BCUT2D eigenvalue weighted by molar-refractivity contribution is 5.81. The van der Waals surface area contributed by atoms with Gasteiger partial charge in [-0.25, -0.2) is 4.98 Å². The second-order valence-corrected chi connectivity index (χ2v) is 3.42. The summed E-state index contributed by atoms with van der Waals surface area (Å²) < 4.78 is 38.1. The van der Waals surface area contributed by atoms with Crippen molar-refractivity contribution >= 4 is 10.9 Å². The van der Waals surface area contributed by atoms with Gasteiger partial charge in [0.15, 0.2) is 0 Å². The normalized spacial score (nSPS) is 12.0. The SMILES string of the molecule is NCc1nc2c(C(F)(F)F)cccc2c(=O)[nH]1. The van der Waals surface area contributed by atoms with Crippen LogP contribution in [0.4, 0.5) is 13.2 Å². The Kier molecular flexibility index (Phi) is 2.62. The van der Waals surface area contributed by atoms with E-state index >= 15 is 0 Å². The van der Waals surface area contributed by atoms with Gasteiger partial charge in [0.05, 0.1) is 23.0 Å². The van der Waals surface area contributed by atoms with Gasteiger partial charge < -0.3 is 10.7 Å². The number of aromatic nitrogens is 2. The maximum absolute atomic E-state index is 12.7. The molecule has 0 amide bonds. The molecule has 1 aromatic carbocycles. The van der Waals surface area contributed by atoms with Crippen molar-refractivity contribution in [2.24, 2.45) is 5.73 Å².